The van der Waals surface area contributed by atoms with Crippen LogP contribution in [0.3, 0.4) is 0 Å². The van der Waals surface area contributed by atoms with Crippen molar-refractivity contribution < 1.29 is 51.5 Å². The molecule has 0 saturated carbocycles. The smallest absolute Gasteiger partial charge is 0.394 e. The second-order valence-electron chi connectivity index (χ2n) is 9.69. The zero-order valence-corrected chi connectivity index (χ0v) is 24.0. The minimum atomic E-state index is -5.01. The summed E-state index contributed by atoms with van der Waals surface area (Å²) in [5.74, 6) is -0.210. The SMILES string of the molecule is Nc1nc2c(ncn2[C@@H]2O[C@H](CO)CC2OP(=O)(O)OC[C@H]2O[C@@H](n3cnc4c(N)ncnc43)C(F)[C@H]2O[PH](=O)O)c(=O)[nH]1. The van der Waals surface area contributed by atoms with Crippen LogP contribution in [0.4, 0.5) is 16.2 Å². The summed E-state index contributed by atoms with van der Waals surface area (Å²) in [6.07, 6.45) is -6.75. The molecular formula is C20H25FN10O11P2. The van der Waals surface area contributed by atoms with Crippen molar-refractivity contribution in [1.82, 2.24) is 39.0 Å². The quantitative estimate of drug-likeness (QED) is 0.110. The largest absolute Gasteiger partial charge is 0.472 e. The second kappa shape index (κ2) is 11.8. The number of nitrogens with zero attached hydrogens (tertiary/aromatic N) is 7. The fourth-order valence-corrected chi connectivity index (χ4v) is 6.48. The Balaban J connectivity index is 1.20. The molecule has 0 radical (unpaired) electrons. The van der Waals surface area contributed by atoms with Crippen LogP contribution >= 0.6 is 16.1 Å². The van der Waals surface area contributed by atoms with Crippen molar-refractivity contribution in [2.75, 3.05) is 24.7 Å². The number of imidazole rings is 2. The summed E-state index contributed by atoms with van der Waals surface area (Å²) in [5.41, 5.74) is 10.9. The van der Waals surface area contributed by atoms with Gasteiger partial charge in [-0.15, -0.1) is 0 Å². The summed E-state index contributed by atoms with van der Waals surface area (Å²) in [5, 5.41) is 9.67. The number of alkyl halides is 1. The van der Waals surface area contributed by atoms with Crippen LogP contribution in [0.5, 0.6) is 0 Å². The number of rotatable bonds is 10. The molecule has 4 aromatic heterocycles. The Morgan fingerprint density at radius 1 is 1.14 bits per heavy atom. The highest BCUT2D eigenvalue weighted by molar-refractivity contribution is 7.47. The highest BCUT2D eigenvalue weighted by atomic mass is 31.2. The van der Waals surface area contributed by atoms with Gasteiger partial charge in [0.05, 0.1) is 32.0 Å². The van der Waals surface area contributed by atoms with Gasteiger partial charge in [-0.2, -0.15) is 4.98 Å². The van der Waals surface area contributed by atoms with Crippen molar-refractivity contribution in [3.05, 3.63) is 29.3 Å². The van der Waals surface area contributed by atoms with E-state index < -0.39 is 77.9 Å². The first kappa shape index (κ1) is 30.6. The van der Waals surface area contributed by atoms with E-state index >= 15 is 4.39 Å². The van der Waals surface area contributed by atoms with E-state index in [2.05, 4.69) is 29.9 Å². The molecular weight excluding hydrogens is 637 g/mol. The fraction of sp³-hybridized carbons (Fsp3) is 0.500. The van der Waals surface area contributed by atoms with E-state index in [-0.39, 0.29) is 40.5 Å². The monoisotopic (exact) mass is 662 g/mol. The van der Waals surface area contributed by atoms with E-state index in [0.717, 1.165) is 10.9 Å². The van der Waals surface area contributed by atoms with Gasteiger partial charge in [0.2, 0.25) is 5.95 Å². The van der Waals surface area contributed by atoms with Crippen LogP contribution in [-0.4, -0.2) is 97.7 Å². The molecule has 9 atom stereocenters. The number of hydrogen-bond donors (Lipinski definition) is 6. The van der Waals surface area contributed by atoms with E-state index in [0.29, 0.717) is 0 Å². The predicted molar refractivity (Wildman–Crippen MR) is 143 cm³/mol. The van der Waals surface area contributed by atoms with Crippen LogP contribution in [-0.2, 0) is 32.2 Å². The first-order chi connectivity index (χ1) is 21.0. The Labute approximate surface area is 244 Å². The van der Waals surface area contributed by atoms with Gasteiger partial charge in [-0.3, -0.25) is 32.5 Å². The summed E-state index contributed by atoms with van der Waals surface area (Å²) in [7, 11) is -8.72. The van der Waals surface area contributed by atoms with Gasteiger partial charge in [-0.25, -0.2) is 28.9 Å². The van der Waals surface area contributed by atoms with Gasteiger partial charge in [0.15, 0.2) is 41.3 Å². The van der Waals surface area contributed by atoms with Gasteiger partial charge in [0.25, 0.3) is 5.56 Å². The maximum atomic E-state index is 15.6. The highest BCUT2D eigenvalue weighted by Gasteiger charge is 2.50. The number of halogens is 1. The molecule has 0 amide bonds. The zero-order valence-electron chi connectivity index (χ0n) is 22.1. The lowest BCUT2D eigenvalue weighted by atomic mass is 10.1. The number of phosphoric ester groups is 1. The van der Waals surface area contributed by atoms with Crippen molar-refractivity contribution in [2.45, 2.75) is 49.5 Å². The predicted octanol–water partition coefficient (Wildman–Crippen LogP) is -1.09. The number of aliphatic hydroxyl groups is 1. The summed E-state index contributed by atoms with van der Waals surface area (Å²) in [4.78, 5) is 54.3. The minimum absolute atomic E-state index is 0.0148. The van der Waals surface area contributed by atoms with Crippen LogP contribution in [0.2, 0.25) is 0 Å². The van der Waals surface area contributed by atoms with Crippen molar-refractivity contribution in [1.29, 1.82) is 0 Å². The number of aromatic nitrogens is 8. The van der Waals surface area contributed by atoms with Gasteiger partial charge in [-0.1, -0.05) is 0 Å². The molecule has 2 aliphatic heterocycles. The molecule has 238 valence electrons. The van der Waals surface area contributed by atoms with Crippen LogP contribution < -0.4 is 17.0 Å². The summed E-state index contributed by atoms with van der Waals surface area (Å²) >= 11 is 0. The van der Waals surface area contributed by atoms with Gasteiger partial charge in [0.1, 0.15) is 30.2 Å². The third-order valence-electron chi connectivity index (χ3n) is 6.91. The molecule has 24 heteroatoms. The average Bonchev–Trinajstić information content (AvgIpc) is 3.73. The number of nitrogen functional groups attached to an aromatic ring is 2. The standard InChI is InChI=1S/C20H25FN10O11P2/c21-10-13(41-43(34)35)9(40-19(10)30-5-26-11-14(22)24-4-25-15(11)30)3-38-44(36,37)42-8-1-7(2-32)39-18(8)31-6-27-12-16(31)28-20(23)29-17(12)33/h4-10,13,18-19,32,43H,1-3H2,(H,34,35)(H,36,37)(H2,22,24,25)(H3,23,28,29,33)/t7-,8?,9+,10?,13-,18+,19+/m0/s1. The number of H-pyrrole nitrogens is 1. The zero-order chi connectivity index (χ0) is 31.3. The first-order valence-electron chi connectivity index (χ1n) is 12.7. The van der Waals surface area contributed by atoms with E-state index in [4.69, 9.17) is 34.5 Å². The number of fused-ring (bicyclic) bond motifs is 2. The van der Waals surface area contributed by atoms with Gasteiger partial charge < -0.3 is 40.4 Å². The number of nitrogens with two attached hydrogens (primary N) is 2. The summed E-state index contributed by atoms with van der Waals surface area (Å²) < 4.78 is 69.3. The molecule has 8 N–H and O–H groups in total. The lowest BCUT2D eigenvalue weighted by Crippen LogP contribution is -2.33. The summed E-state index contributed by atoms with van der Waals surface area (Å²) in [6.45, 7) is -1.32. The first-order valence-corrected chi connectivity index (χ1v) is 15.5. The third kappa shape index (κ3) is 5.72. The minimum Gasteiger partial charge on any atom is -0.394 e. The Hall–Kier alpha value is -3.43. The molecule has 2 aliphatic rings. The maximum Gasteiger partial charge on any atom is 0.472 e. The number of nitrogens with one attached hydrogen (secondary N) is 1. The van der Waals surface area contributed by atoms with Crippen molar-refractivity contribution in [3.63, 3.8) is 0 Å². The second-order valence-corrected chi connectivity index (χ2v) is 11.9. The molecule has 4 aromatic rings. The molecule has 0 aromatic carbocycles. The Kier molecular flexibility index (Phi) is 8.22. The molecule has 4 unspecified atom stereocenters. The topological polar surface area (TPSA) is 300 Å². The maximum absolute atomic E-state index is 15.6. The van der Waals surface area contributed by atoms with Gasteiger partial charge in [-0.05, 0) is 0 Å². The Morgan fingerprint density at radius 2 is 1.86 bits per heavy atom. The molecule has 0 spiro atoms. The van der Waals surface area contributed by atoms with E-state index in [1.807, 2.05) is 0 Å². The number of phosphoric acid groups is 1. The Bertz CT molecular complexity index is 1820. The number of anilines is 2. The Morgan fingerprint density at radius 3 is 2.59 bits per heavy atom. The molecule has 0 aliphatic carbocycles. The number of aromatic amines is 1. The average molecular weight is 662 g/mol. The van der Waals surface area contributed by atoms with E-state index in [1.54, 1.807) is 0 Å². The van der Waals surface area contributed by atoms with Crippen molar-refractivity contribution in [2.24, 2.45) is 0 Å². The lowest BCUT2D eigenvalue weighted by molar-refractivity contribution is -0.0589. The van der Waals surface area contributed by atoms with E-state index in [9.17, 15) is 28.8 Å². The molecule has 44 heavy (non-hydrogen) atoms. The van der Waals surface area contributed by atoms with Crippen LogP contribution in [0.1, 0.15) is 18.9 Å². The number of hydrogen-bond acceptors (Lipinski definition) is 16. The van der Waals surface area contributed by atoms with Crippen molar-refractivity contribution in [3.8, 4) is 0 Å². The molecule has 6 rings (SSSR count). The lowest BCUT2D eigenvalue weighted by Gasteiger charge is -2.24. The van der Waals surface area contributed by atoms with Crippen LogP contribution in [0, 0.1) is 0 Å². The summed E-state index contributed by atoms with van der Waals surface area (Å²) in [6, 6.07) is 0. The number of ether oxygens (including phenoxy) is 2. The normalized spacial score (nSPS) is 29.4. The molecule has 6 heterocycles. The molecule has 0 bridgehead atoms. The van der Waals surface area contributed by atoms with Gasteiger partial charge in [0, 0.05) is 6.42 Å². The fourth-order valence-electron chi connectivity index (χ4n) is 5.04. The van der Waals surface area contributed by atoms with Crippen LogP contribution in [0.15, 0.2) is 23.8 Å². The third-order valence-corrected chi connectivity index (χ3v) is 8.40. The van der Waals surface area contributed by atoms with E-state index in [1.165, 1.54) is 17.2 Å². The molecule has 21 nitrogen and oxygen atoms in total. The van der Waals surface area contributed by atoms with Crippen LogP contribution in [0.25, 0.3) is 22.3 Å². The van der Waals surface area contributed by atoms with Gasteiger partial charge >= 0.3 is 16.1 Å². The highest BCUT2D eigenvalue weighted by Crippen LogP contribution is 2.50. The van der Waals surface area contributed by atoms with Crippen molar-refractivity contribution >= 4 is 50.2 Å². The molecule has 2 fully saturated rings. The number of aliphatic hydroxyl groups excluding tert-OH is 1. The molecule has 2 saturated heterocycles.